The summed E-state index contributed by atoms with van der Waals surface area (Å²) in [5.41, 5.74) is 0. The van der Waals surface area contributed by atoms with Crippen LogP contribution in [-0.4, -0.2) is 48.0 Å². The van der Waals surface area contributed by atoms with Gasteiger partial charge in [0.05, 0.1) is 5.25 Å². The van der Waals surface area contributed by atoms with Crippen molar-refractivity contribution in [1.29, 1.82) is 0 Å². The van der Waals surface area contributed by atoms with Crippen LogP contribution in [0.25, 0.3) is 0 Å². The van der Waals surface area contributed by atoms with Gasteiger partial charge in [-0.3, -0.25) is 4.79 Å². The summed E-state index contributed by atoms with van der Waals surface area (Å²) in [4.78, 5) is 14.4. The van der Waals surface area contributed by atoms with Gasteiger partial charge in [0.2, 0.25) is 5.91 Å². The van der Waals surface area contributed by atoms with Crippen molar-refractivity contribution in [3.8, 4) is 0 Å². The fourth-order valence-electron chi connectivity index (χ4n) is 2.55. The van der Waals surface area contributed by atoms with Gasteiger partial charge in [0.25, 0.3) is 0 Å². The average Bonchev–Trinajstić information content (AvgIpc) is 2.39. The largest absolute Gasteiger partial charge is 0.340 e. The molecule has 1 N–H and O–H groups in total. The predicted molar refractivity (Wildman–Crippen MR) is 68.8 cm³/mol. The topological polar surface area (TPSA) is 32.3 Å². The summed E-state index contributed by atoms with van der Waals surface area (Å²) < 4.78 is 0. The molecule has 0 aromatic carbocycles. The molecule has 2 rings (SSSR count). The first-order valence-corrected chi connectivity index (χ1v) is 7.44. The van der Waals surface area contributed by atoms with Gasteiger partial charge in [-0.05, 0) is 38.5 Å². The van der Waals surface area contributed by atoms with Gasteiger partial charge < -0.3 is 10.2 Å². The Labute approximate surface area is 102 Å². The zero-order valence-electron chi connectivity index (χ0n) is 10.1. The van der Waals surface area contributed by atoms with Gasteiger partial charge >= 0.3 is 0 Å². The van der Waals surface area contributed by atoms with E-state index in [1.165, 1.54) is 25.0 Å². The summed E-state index contributed by atoms with van der Waals surface area (Å²) in [5.74, 6) is 1.56. The number of nitrogens with one attached hydrogen (secondary N) is 1. The van der Waals surface area contributed by atoms with Crippen LogP contribution in [0.5, 0.6) is 0 Å². The molecule has 0 saturated carbocycles. The molecule has 2 atom stereocenters. The molecular formula is C12H22N2OS. The number of carbonyl (C=O) groups is 1. The zero-order valence-corrected chi connectivity index (χ0v) is 10.9. The minimum absolute atomic E-state index is 0.254. The second-order valence-electron chi connectivity index (χ2n) is 4.77. The lowest BCUT2D eigenvalue weighted by atomic mass is 10.0. The standard InChI is InChI=1S/C12H22N2OS/c1-13-10-5-4-7-14(9-10)12(15)11-6-2-3-8-16-11/h10-11,13H,2-9H2,1H3. The number of amides is 1. The normalized spacial score (nSPS) is 31.4. The Hall–Kier alpha value is -0.220. The molecule has 2 aliphatic rings. The van der Waals surface area contributed by atoms with E-state index < -0.39 is 0 Å². The van der Waals surface area contributed by atoms with Crippen molar-refractivity contribution >= 4 is 17.7 Å². The Morgan fingerprint density at radius 1 is 1.31 bits per heavy atom. The molecule has 4 heteroatoms. The Morgan fingerprint density at radius 2 is 2.19 bits per heavy atom. The fourth-order valence-corrected chi connectivity index (χ4v) is 3.83. The summed E-state index contributed by atoms with van der Waals surface area (Å²) in [7, 11) is 1.99. The summed E-state index contributed by atoms with van der Waals surface area (Å²) in [6.07, 6.45) is 5.96. The quantitative estimate of drug-likeness (QED) is 0.796. The fraction of sp³-hybridized carbons (Fsp3) is 0.917. The van der Waals surface area contributed by atoms with Gasteiger partial charge in [0, 0.05) is 19.1 Å². The third-order valence-corrected chi connectivity index (χ3v) is 4.96. The first-order chi connectivity index (χ1) is 7.81. The monoisotopic (exact) mass is 242 g/mol. The molecule has 3 nitrogen and oxygen atoms in total. The Morgan fingerprint density at radius 3 is 2.88 bits per heavy atom. The number of nitrogens with zero attached hydrogens (tertiary/aromatic N) is 1. The molecule has 2 fully saturated rings. The van der Waals surface area contributed by atoms with Crippen molar-refractivity contribution in [2.24, 2.45) is 0 Å². The second kappa shape index (κ2) is 5.92. The SMILES string of the molecule is CNC1CCCN(C(=O)C2CCCCS2)C1. The molecule has 2 aliphatic heterocycles. The van der Waals surface area contributed by atoms with Crippen molar-refractivity contribution in [2.45, 2.75) is 43.4 Å². The smallest absolute Gasteiger partial charge is 0.235 e. The third kappa shape index (κ3) is 2.92. The molecule has 0 radical (unpaired) electrons. The molecule has 2 unspecified atom stereocenters. The van der Waals surface area contributed by atoms with E-state index in [2.05, 4.69) is 10.2 Å². The number of rotatable bonds is 2. The number of hydrogen-bond acceptors (Lipinski definition) is 3. The van der Waals surface area contributed by atoms with Gasteiger partial charge in [0.15, 0.2) is 0 Å². The number of likely N-dealkylation sites (N-methyl/N-ethyl adjacent to an activating group) is 1. The maximum atomic E-state index is 12.3. The average molecular weight is 242 g/mol. The van der Waals surface area contributed by atoms with Gasteiger partial charge in [0.1, 0.15) is 0 Å². The van der Waals surface area contributed by atoms with Crippen LogP contribution < -0.4 is 5.32 Å². The van der Waals surface area contributed by atoms with E-state index >= 15 is 0 Å². The molecule has 2 heterocycles. The minimum Gasteiger partial charge on any atom is -0.340 e. The minimum atomic E-state index is 0.254. The van der Waals surface area contributed by atoms with Crippen LogP contribution in [0.4, 0.5) is 0 Å². The number of piperidine rings is 1. The maximum Gasteiger partial charge on any atom is 0.235 e. The first kappa shape index (κ1) is 12.2. The Balaban J connectivity index is 1.87. The molecule has 16 heavy (non-hydrogen) atoms. The molecule has 0 aromatic rings. The highest BCUT2D eigenvalue weighted by atomic mass is 32.2. The highest BCUT2D eigenvalue weighted by molar-refractivity contribution is 8.00. The highest BCUT2D eigenvalue weighted by Gasteiger charge is 2.29. The maximum absolute atomic E-state index is 12.3. The van der Waals surface area contributed by atoms with Crippen LogP contribution in [0.1, 0.15) is 32.1 Å². The van der Waals surface area contributed by atoms with Crippen LogP contribution >= 0.6 is 11.8 Å². The van der Waals surface area contributed by atoms with E-state index in [0.29, 0.717) is 11.9 Å². The first-order valence-electron chi connectivity index (χ1n) is 6.39. The van der Waals surface area contributed by atoms with E-state index in [1.807, 2.05) is 18.8 Å². The summed E-state index contributed by atoms with van der Waals surface area (Å²) in [6.45, 7) is 1.88. The van der Waals surface area contributed by atoms with E-state index in [4.69, 9.17) is 0 Å². The van der Waals surface area contributed by atoms with Crippen molar-refractivity contribution in [1.82, 2.24) is 10.2 Å². The molecule has 92 valence electrons. The second-order valence-corrected chi connectivity index (χ2v) is 6.08. The molecule has 0 bridgehead atoms. The van der Waals surface area contributed by atoms with Crippen molar-refractivity contribution in [3.05, 3.63) is 0 Å². The van der Waals surface area contributed by atoms with E-state index in [0.717, 1.165) is 25.9 Å². The number of thioether (sulfide) groups is 1. The van der Waals surface area contributed by atoms with Crippen LogP contribution in [0.15, 0.2) is 0 Å². The zero-order chi connectivity index (χ0) is 11.4. The Bertz CT molecular complexity index is 241. The Kier molecular flexibility index (Phi) is 4.53. The van der Waals surface area contributed by atoms with Crippen molar-refractivity contribution < 1.29 is 4.79 Å². The number of likely N-dealkylation sites (tertiary alicyclic amines) is 1. The summed E-state index contributed by atoms with van der Waals surface area (Å²) in [6, 6.07) is 0.506. The van der Waals surface area contributed by atoms with Crippen LogP contribution in [-0.2, 0) is 4.79 Å². The number of hydrogen-bond donors (Lipinski definition) is 1. The predicted octanol–water partition coefficient (Wildman–Crippen LogP) is 1.48. The van der Waals surface area contributed by atoms with Gasteiger partial charge in [-0.15, -0.1) is 11.8 Å². The lowest BCUT2D eigenvalue weighted by molar-refractivity contribution is -0.132. The summed E-state index contributed by atoms with van der Waals surface area (Å²) in [5, 5.41) is 3.55. The molecule has 0 aromatic heterocycles. The third-order valence-electron chi connectivity index (χ3n) is 3.60. The molecule has 0 spiro atoms. The van der Waals surface area contributed by atoms with E-state index in [1.54, 1.807) is 0 Å². The van der Waals surface area contributed by atoms with Crippen LogP contribution in [0, 0.1) is 0 Å². The molecular weight excluding hydrogens is 220 g/mol. The molecule has 0 aliphatic carbocycles. The van der Waals surface area contributed by atoms with E-state index in [9.17, 15) is 4.79 Å². The van der Waals surface area contributed by atoms with Gasteiger partial charge in [-0.2, -0.15) is 0 Å². The molecule has 2 saturated heterocycles. The van der Waals surface area contributed by atoms with Gasteiger partial charge in [-0.1, -0.05) is 6.42 Å². The van der Waals surface area contributed by atoms with Crippen LogP contribution in [0.2, 0.25) is 0 Å². The van der Waals surface area contributed by atoms with Crippen LogP contribution in [0.3, 0.4) is 0 Å². The van der Waals surface area contributed by atoms with Crippen molar-refractivity contribution in [3.63, 3.8) is 0 Å². The number of carbonyl (C=O) groups excluding carboxylic acids is 1. The van der Waals surface area contributed by atoms with E-state index in [-0.39, 0.29) is 5.25 Å². The molecule has 1 amide bonds. The lowest BCUT2D eigenvalue weighted by Gasteiger charge is -2.35. The lowest BCUT2D eigenvalue weighted by Crippen LogP contribution is -2.49. The van der Waals surface area contributed by atoms with Crippen molar-refractivity contribution in [2.75, 3.05) is 25.9 Å². The van der Waals surface area contributed by atoms with Gasteiger partial charge in [-0.25, -0.2) is 0 Å². The summed E-state index contributed by atoms with van der Waals surface area (Å²) >= 11 is 1.86. The highest BCUT2D eigenvalue weighted by Crippen LogP contribution is 2.27.